The Morgan fingerprint density at radius 1 is 0.339 bits per heavy atom. The number of hydrogen-bond donors (Lipinski definition) is 0. The smallest absolute Gasteiger partial charge is 0.0546 e. The van der Waals surface area contributed by atoms with E-state index in [2.05, 4.69) is 221 Å². The van der Waals surface area contributed by atoms with E-state index in [1.807, 2.05) is 0 Å². The summed E-state index contributed by atoms with van der Waals surface area (Å²) >= 11 is 0. The van der Waals surface area contributed by atoms with E-state index in [0.717, 1.165) is 11.4 Å². The van der Waals surface area contributed by atoms with Crippen molar-refractivity contribution in [1.29, 1.82) is 0 Å². The highest BCUT2D eigenvalue weighted by molar-refractivity contribution is 6.26. The topological polar surface area (TPSA) is 3.24 Å². The van der Waals surface area contributed by atoms with Gasteiger partial charge in [0.15, 0.2) is 0 Å². The molecule has 0 saturated heterocycles. The summed E-state index contributed by atoms with van der Waals surface area (Å²) in [6, 6.07) is 70.7. The van der Waals surface area contributed by atoms with E-state index in [0.29, 0.717) is 0 Å². The van der Waals surface area contributed by atoms with Gasteiger partial charge in [0.25, 0.3) is 0 Å². The zero-order chi connectivity index (χ0) is 39.6. The molecule has 1 nitrogen and oxygen atoms in total. The molecule has 12 rings (SSSR count). The van der Waals surface area contributed by atoms with Crippen LogP contribution in [0.1, 0.15) is 49.9 Å². The van der Waals surface area contributed by atoms with E-state index in [1.165, 1.54) is 104 Å². The largest absolute Gasteiger partial charge is 0.310 e. The number of anilines is 3. The third-order valence-corrected chi connectivity index (χ3v) is 13.8. The SMILES string of the molecule is CC1(C)c2ccccc2-c2ccc(N(c3ccc4c5ccccc5c5ccccc5c4c3)c3ccc4cccc5c4c3-c3ccc(-c4ccccc4)cc3C5(C)C)cc21. The molecule has 0 amide bonds. The Morgan fingerprint density at radius 3 is 1.66 bits per heavy atom. The molecule has 1 heteroatoms. The van der Waals surface area contributed by atoms with Crippen molar-refractivity contribution in [3.63, 3.8) is 0 Å². The Kier molecular flexibility index (Phi) is 7.10. The van der Waals surface area contributed by atoms with E-state index in [9.17, 15) is 0 Å². The third kappa shape index (κ3) is 4.79. The van der Waals surface area contributed by atoms with Crippen LogP contribution in [0.25, 0.3) is 76.5 Å². The summed E-state index contributed by atoms with van der Waals surface area (Å²) in [6.07, 6.45) is 0. The highest BCUT2D eigenvalue weighted by Crippen LogP contribution is 2.56. The maximum atomic E-state index is 2.56. The second-order valence-corrected chi connectivity index (χ2v) is 17.7. The van der Waals surface area contributed by atoms with Gasteiger partial charge in [-0.1, -0.05) is 179 Å². The van der Waals surface area contributed by atoms with Crippen LogP contribution in [0.5, 0.6) is 0 Å². The molecule has 0 atom stereocenters. The molecule has 0 spiro atoms. The Bertz CT molecular complexity index is 3350. The summed E-state index contributed by atoms with van der Waals surface area (Å²) < 4.78 is 0. The van der Waals surface area contributed by atoms with E-state index in [1.54, 1.807) is 0 Å². The van der Waals surface area contributed by atoms with Gasteiger partial charge in [-0.05, 0) is 130 Å². The molecule has 0 unspecified atom stereocenters. The van der Waals surface area contributed by atoms with E-state index in [4.69, 9.17) is 0 Å². The lowest BCUT2D eigenvalue weighted by Gasteiger charge is -2.38. The van der Waals surface area contributed by atoms with Crippen molar-refractivity contribution in [3.05, 3.63) is 210 Å². The molecule has 59 heavy (non-hydrogen) atoms. The standard InChI is InChI=1S/C58H43N/c1-57(2)50-23-13-12-22-46(50)47-31-28-40(35-53(47)57)59(39-27-30-45-43-20-9-8-18-41(43)42-19-10-11-21-44(42)49(45)34-39)54-32-26-37-17-14-24-51-55(37)56(54)48-29-25-38(33-52(48)58(51,3)4)36-15-6-5-7-16-36/h5-35H,1-4H3. The highest BCUT2D eigenvalue weighted by atomic mass is 15.1. The van der Waals surface area contributed by atoms with Gasteiger partial charge in [0.1, 0.15) is 0 Å². The number of rotatable bonds is 4. The minimum atomic E-state index is -0.206. The average molecular weight is 754 g/mol. The molecular weight excluding hydrogens is 711 g/mol. The molecule has 0 N–H and O–H groups in total. The van der Waals surface area contributed by atoms with Gasteiger partial charge in [-0.25, -0.2) is 0 Å². The monoisotopic (exact) mass is 753 g/mol. The van der Waals surface area contributed by atoms with E-state index < -0.39 is 0 Å². The predicted octanol–water partition coefficient (Wildman–Crippen LogP) is 16.0. The summed E-state index contributed by atoms with van der Waals surface area (Å²) in [4.78, 5) is 2.56. The first kappa shape index (κ1) is 34.1. The quantitative estimate of drug-likeness (QED) is 0.162. The van der Waals surface area contributed by atoms with Crippen LogP contribution in [0.4, 0.5) is 17.1 Å². The second-order valence-electron chi connectivity index (χ2n) is 17.7. The molecule has 0 fully saturated rings. The van der Waals surface area contributed by atoms with Crippen LogP contribution in [0.3, 0.4) is 0 Å². The Balaban J connectivity index is 1.18. The van der Waals surface area contributed by atoms with Crippen molar-refractivity contribution < 1.29 is 0 Å². The van der Waals surface area contributed by atoms with Gasteiger partial charge in [-0.2, -0.15) is 0 Å². The van der Waals surface area contributed by atoms with E-state index >= 15 is 0 Å². The normalized spacial score (nSPS) is 14.4. The fourth-order valence-corrected chi connectivity index (χ4v) is 10.9. The van der Waals surface area contributed by atoms with Crippen molar-refractivity contribution in [2.75, 3.05) is 4.90 Å². The van der Waals surface area contributed by atoms with Crippen LogP contribution in [-0.2, 0) is 10.8 Å². The fourth-order valence-electron chi connectivity index (χ4n) is 10.9. The van der Waals surface area contributed by atoms with Gasteiger partial charge >= 0.3 is 0 Å². The maximum Gasteiger partial charge on any atom is 0.0546 e. The predicted molar refractivity (Wildman–Crippen MR) is 252 cm³/mol. The molecule has 0 aromatic heterocycles. The highest BCUT2D eigenvalue weighted by Gasteiger charge is 2.38. The lowest BCUT2D eigenvalue weighted by atomic mass is 9.67. The van der Waals surface area contributed by atoms with Gasteiger partial charge in [0.05, 0.1) is 5.69 Å². The van der Waals surface area contributed by atoms with Crippen molar-refractivity contribution in [2.45, 2.75) is 38.5 Å². The minimum absolute atomic E-state index is 0.138. The summed E-state index contributed by atoms with van der Waals surface area (Å²) in [5, 5.41) is 10.3. The van der Waals surface area contributed by atoms with Crippen molar-refractivity contribution in [3.8, 4) is 33.4 Å². The molecular formula is C58H43N. The zero-order valence-electron chi connectivity index (χ0n) is 33.8. The Morgan fingerprint density at radius 2 is 0.898 bits per heavy atom. The first-order valence-electron chi connectivity index (χ1n) is 20.9. The molecule has 0 radical (unpaired) electrons. The van der Waals surface area contributed by atoms with Crippen molar-refractivity contribution in [2.24, 2.45) is 0 Å². The molecule has 2 aliphatic rings. The fraction of sp³-hybridized carbons (Fsp3) is 0.103. The Labute approximate surface area is 345 Å². The maximum absolute atomic E-state index is 2.56. The lowest BCUT2D eigenvalue weighted by molar-refractivity contribution is 0.645. The van der Waals surface area contributed by atoms with Crippen LogP contribution in [-0.4, -0.2) is 0 Å². The summed E-state index contributed by atoms with van der Waals surface area (Å²) in [5.74, 6) is 0. The van der Waals surface area contributed by atoms with E-state index in [-0.39, 0.29) is 10.8 Å². The lowest BCUT2D eigenvalue weighted by Crippen LogP contribution is -2.25. The van der Waals surface area contributed by atoms with Crippen LogP contribution in [0, 0.1) is 0 Å². The van der Waals surface area contributed by atoms with Crippen LogP contribution in [0.2, 0.25) is 0 Å². The number of benzene rings is 10. The molecule has 0 aliphatic heterocycles. The molecule has 0 heterocycles. The summed E-state index contributed by atoms with van der Waals surface area (Å²) in [7, 11) is 0. The third-order valence-electron chi connectivity index (χ3n) is 13.8. The van der Waals surface area contributed by atoms with Gasteiger partial charge in [0, 0.05) is 27.8 Å². The molecule has 0 saturated carbocycles. The van der Waals surface area contributed by atoms with Crippen LogP contribution >= 0.6 is 0 Å². The minimum Gasteiger partial charge on any atom is -0.310 e. The molecule has 0 bridgehead atoms. The number of nitrogens with zero attached hydrogens (tertiary/aromatic N) is 1. The molecule has 10 aromatic rings. The summed E-state index contributed by atoms with van der Waals surface area (Å²) in [5.41, 5.74) is 16.4. The van der Waals surface area contributed by atoms with Crippen LogP contribution in [0.15, 0.2) is 188 Å². The number of hydrogen-bond acceptors (Lipinski definition) is 1. The van der Waals surface area contributed by atoms with Crippen LogP contribution < -0.4 is 4.90 Å². The van der Waals surface area contributed by atoms with Crippen molar-refractivity contribution in [1.82, 2.24) is 0 Å². The van der Waals surface area contributed by atoms with Gasteiger partial charge in [-0.3, -0.25) is 0 Å². The first-order valence-corrected chi connectivity index (χ1v) is 20.9. The first-order chi connectivity index (χ1) is 28.8. The van der Waals surface area contributed by atoms with Gasteiger partial charge in [-0.15, -0.1) is 0 Å². The van der Waals surface area contributed by atoms with Gasteiger partial charge in [0.2, 0.25) is 0 Å². The van der Waals surface area contributed by atoms with Crippen molar-refractivity contribution >= 4 is 60.2 Å². The van der Waals surface area contributed by atoms with Gasteiger partial charge < -0.3 is 4.90 Å². The molecule has 2 aliphatic carbocycles. The summed E-state index contributed by atoms with van der Waals surface area (Å²) in [6.45, 7) is 9.57. The molecule has 280 valence electrons. The zero-order valence-corrected chi connectivity index (χ0v) is 33.8. The molecule has 10 aromatic carbocycles. The average Bonchev–Trinajstić information content (AvgIpc) is 3.51. The number of fused-ring (bicyclic) bond motifs is 11. The Hall–Kier alpha value is -6.96. The second kappa shape index (κ2) is 12.3.